The molecule has 2 aromatic heterocycles. The first-order chi connectivity index (χ1) is 8.34. The van der Waals surface area contributed by atoms with E-state index in [1.807, 2.05) is 0 Å². The van der Waals surface area contributed by atoms with Crippen molar-refractivity contribution in [2.45, 2.75) is 13.3 Å². The van der Waals surface area contributed by atoms with Crippen molar-refractivity contribution in [2.75, 3.05) is 0 Å². The maximum absolute atomic E-state index is 2.20. The minimum Gasteiger partial charge on any atom is -0.323 e. The molecule has 0 aliphatic heterocycles. The second-order valence-electron chi connectivity index (χ2n) is 4.45. The second kappa shape index (κ2) is 4.10. The molecular weight excluding hydrogens is 206 g/mol. The van der Waals surface area contributed by atoms with Crippen LogP contribution in [0.2, 0.25) is 0 Å². The number of nitrogens with zero attached hydrogens (tertiary/aromatic N) is 1. The predicted molar refractivity (Wildman–Crippen MR) is 71.4 cm³/mol. The van der Waals surface area contributed by atoms with Gasteiger partial charge in [0.15, 0.2) is 0 Å². The van der Waals surface area contributed by atoms with E-state index >= 15 is 0 Å². The molecule has 0 N–H and O–H groups in total. The van der Waals surface area contributed by atoms with Gasteiger partial charge >= 0.3 is 0 Å². The lowest BCUT2D eigenvalue weighted by Gasteiger charge is -2.02. The lowest BCUT2D eigenvalue weighted by molar-refractivity contribution is 1.18. The van der Waals surface area contributed by atoms with Crippen LogP contribution in [0.3, 0.4) is 0 Å². The summed E-state index contributed by atoms with van der Waals surface area (Å²) in [5.41, 5.74) is 5.47. The Balaban J connectivity index is 2.08. The Morgan fingerprint density at radius 2 is 1.71 bits per heavy atom. The number of fused-ring (bicyclic) bond motifs is 1. The van der Waals surface area contributed by atoms with E-state index in [0.29, 0.717) is 0 Å². The Morgan fingerprint density at radius 1 is 0.941 bits per heavy atom. The smallest absolute Gasteiger partial charge is 0.0488 e. The quantitative estimate of drug-likeness (QED) is 0.619. The Morgan fingerprint density at radius 3 is 2.53 bits per heavy atom. The summed E-state index contributed by atoms with van der Waals surface area (Å²) in [6, 6.07) is 17.0. The number of pyridine rings is 1. The van der Waals surface area contributed by atoms with Crippen molar-refractivity contribution in [2.24, 2.45) is 0 Å². The summed E-state index contributed by atoms with van der Waals surface area (Å²) in [7, 11) is 0. The van der Waals surface area contributed by atoms with Crippen molar-refractivity contribution in [1.29, 1.82) is 0 Å². The van der Waals surface area contributed by atoms with Gasteiger partial charge in [-0.1, -0.05) is 36.4 Å². The van der Waals surface area contributed by atoms with Crippen LogP contribution in [0.1, 0.15) is 16.7 Å². The van der Waals surface area contributed by atoms with Crippen LogP contribution in [-0.2, 0) is 6.42 Å². The number of benzene rings is 1. The molecule has 3 aromatic rings. The first kappa shape index (κ1) is 10.2. The molecule has 17 heavy (non-hydrogen) atoms. The lowest BCUT2D eigenvalue weighted by Crippen LogP contribution is -1.89. The van der Waals surface area contributed by atoms with Crippen LogP contribution in [0, 0.1) is 6.92 Å². The molecule has 0 aliphatic carbocycles. The summed E-state index contributed by atoms with van der Waals surface area (Å²) in [5.74, 6) is 0. The Hall–Kier alpha value is -2.02. The average molecular weight is 221 g/mol. The molecule has 0 saturated carbocycles. The third-order valence-electron chi connectivity index (χ3n) is 3.23. The minimum atomic E-state index is 1.01. The SMILES string of the molecule is Cc1cn2ccccc2c1Cc1ccccc1. The summed E-state index contributed by atoms with van der Waals surface area (Å²) in [6.07, 6.45) is 5.32. The van der Waals surface area contributed by atoms with Crippen molar-refractivity contribution < 1.29 is 0 Å². The number of hydrogen-bond acceptors (Lipinski definition) is 0. The molecule has 0 aliphatic rings. The second-order valence-corrected chi connectivity index (χ2v) is 4.45. The van der Waals surface area contributed by atoms with Crippen LogP contribution in [0.5, 0.6) is 0 Å². The zero-order chi connectivity index (χ0) is 11.7. The van der Waals surface area contributed by atoms with Crippen molar-refractivity contribution >= 4 is 5.52 Å². The highest BCUT2D eigenvalue weighted by Gasteiger charge is 2.07. The molecule has 0 spiro atoms. The fourth-order valence-corrected chi connectivity index (χ4v) is 2.34. The molecule has 3 rings (SSSR count). The van der Waals surface area contributed by atoms with E-state index in [9.17, 15) is 0 Å². The highest BCUT2D eigenvalue weighted by Crippen LogP contribution is 2.21. The largest absolute Gasteiger partial charge is 0.323 e. The molecule has 1 aromatic carbocycles. The van der Waals surface area contributed by atoms with Gasteiger partial charge in [0.2, 0.25) is 0 Å². The summed E-state index contributed by atoms with van der Waals surface area (Å²) in [5, 5.41) is 0. The van der Waals surface area contributed by atoms with Crippen molar-refractivity contribution in [3.63, 3.8) is 0 Å². The average Bonchev–Trinajstić information content (AvgIpc) is 2.68. The van der Waals surface area contributed by atoms with Gasteiger partial charge in [-0.05, 0) is 42.2 Å². The maximum Gasteiger partial charge on any atom is 0.0488 e. The van der Waals surface area contributed by atoms with Gasteiger partial charge < -0.3 is 4.40 Å². The van der Waals surface area contributed by atoms with Crippen LogP contribution < -0.4 is 0 Å². The maximum atomic E-state index is 2.20. The van der Waals surface area contributed by atoms with Gasteiger partial charge in [-0.3, -0.25) is 0 Å². The molecule has 1 heteroatoms. The summed E-state index contributed by atoms with van der Waals surface area (Å²) < 4.78 is 2.20. The summed E-state index contributed by atoms with van der Waals surface area (Å²) in [6.45, 7) is 2.19. The highest BCUT2D eigenvalue weighted by atomic mass is 14.9. The van der Waals surface area contributed by atoms with Crippen molar-refractivity contribution in [3.05, 3.63) is 77.6 Å². The zero-order valence-corrected chi connectivity index (χ0v) is 9.93. The van der Waals surface area contributed by atoms with Gasteiger partial charge in [-0.2, -0.15) is 0 Å². The Labute approximate surface area is 101 Å². The number of aromatic nitrogens is 1. The van der Waals surface area contributed by atoms with Crippen LogP contribution in [0.4, 0.5) is 0 Å². The molecule has 84 valence electrons. The fourth-order valence-electron chi connectivity index (χ4n) is 2.34. The third-order valence-corrected chi connectivity index (χ3v) is 3.23. The first-order valence-electron chi connectivity index (χ1n) is 5.94. The van der Waals surface area contributed by atoms with Crippen LogP contribution in [0.25, 0.3) is 5.52 Å². The number of rotatable bonds is 2. The molecule has 0 unspecified atom stereocenters. The zero-order valence-electron chi connectivity index (χ0n) is 9.93. The Kier molecular flexibility index (Phi) is 2.45. The van der Waals surface area contributed by atoms with E-state index in [1.54, 1.807) is 0 Å². The van der Waals surface area contributed by atoms with E-state index in [0.717, 1.165) is 6.42 Å². The molecule has 0 saturated heterocycles. The van der Waals surface area contributed by atoms with Gasteiger partial charge in [0, 0.05) is 17.9 Å². The van der Waals surface area contributed by atoms with E-state index in [-0.39, 0.29) is 0 Å². The van der Waals surface area contributed by atoms with Gasteiger partial charge in [0.1, 0.15) is 0 Å². The number of hydrogen-bond donors (Lipinski definition) is 0. The predicted octanol–water partition coefficient (Wildman–Crippen LogP) is 3.84. The first-order valence-corrected chi connectivity index (χ1v) is 5.94. The standard InChI is InChI=1S/C16H15N/c1-13-12-17-10-6-5-9-16(17)15(13)11-14-7-3-2-4-8-14/h2-10,12H,11H2,1H3. The summed E-state index contributed by atoms with van der Waals surface area (Å²) >= 11 is 0. The molecule has 2 heterocycles. The fraction of sp³-hybridized carbons (Fsp3) is 0.125. The minimum absolute atomic E-state index is 1.01. The normalized spacial score (nSPS) is 10.9. The third kappa shape index (κ3) is 1.84. The monoisotopic (exact) mass is 221 g/mol. The van der Waals surface area contributed by atoms with Crippen LogP contribution >= 0.6 is 0 Å². The van der Waals surface area contributed by atoms with E-state index in [4.69, 9.17) is 0 Å². The van der Waals surface area contributed by atoms with Gasteiger partial charge in [0.25, 0.3) is 0 Å². The van der Waals surface area contributed by atoms with Crippen LogP contribution in [-0.4, -0.2) is 4.40 Å². The molecule has 0 bridgehead atoms. The molecule has 0 amide bonds. The van der Waals surface area contributed by atoms with Gasteiger partial charge in [-0.25, -0.2) is 0 Å². The molecule has 0 radical (unpaired) electrons. The van der Waals surface area contributed by atoms with Crippen LogP contribution in [0.15, 0.2) is 60.9 Å². The van der Waals surface area contributed by atoms with E-state index < -0.39 is 0 Å². The number of aryl methyl sites for hydroxylation is 1. The van der Waals surface area contributed by atoms with Gasteiger partial charge in [-0.15, -0.1) is 0 Å². The van der Waals surface area contributed by atoms with Crippen molar-refractivity contribution in [3.8, 4) is 0 Å². The lowest BCUT2D eigenvalue weighted by atomic mass is 10.0. The topological polar surface area (TPSA) is 4.41 Å². The molecule has 0 fully saturated rings. The molecule has 0 atom stereocenters. The Bertz CT molecular complexity index is 635. The highest BCUT2D eigenvalue weighted by molar-refractivity contribution is 5.60. The van der Waals surface area contributed by atoms with Crippen molar-refractivity contribution in [1.82, 2.24) is 4.40 Å². The van der Waals surface area contributed by atoms with E-state index in [2.05, 4.69) is 72.2 Å². The molecule has 1 nitrogen and oxygen atoms in total. The van der Waals surface area contributed by atoms with Gasteiger partial charge in [0.05, 0.1) is 0 Å². The summed E-state index contributed by atoms with van der Waals surface area (Å²) in [4.78, 5) is 0. The van der Waals surface area contributed by atoms with E-state index in [1.165, 1.54) is 22.2 Å². The molecular formula is C16H15N.